The molecule has 3 nitrogen and oxygen atoms in total. The van der Waals surface area contributed by atoms with E-state index in [4.69, 9.17) is 9.15 Å². The minimum absolute atomic E-state index is 0.192. The lowest BCUT2D eigenvalue weighted by Crippen LogP contribution is -2.34. The van der Waals surface area contributed by atoms with Gasteiger partial charge in [-0.25, -0.2) is 0 Å². The van der Waals surface area contributed by atoms with E-state index in [0.29, 0.717) is 6.04 Å². The molecule has 0 saturated carbocycles. The van der Waals surface area contributed by atoms with Crippen molar-refractivity contribution < 1.29 is 9.15 Å². The molecular weight excluding hydrogens is 250 g/mol. The molecular formula is C17H25NO2. The predicted octanol–water partition coefficient (Wildman–Crippen LogP) is 4.07. The summed E-state index contributed by atoms with van der Waals surface area (Å²) >= 11 is 0. The highest BCUT2D eigenvalue weighted by Crippen LogP contribution is 2.30. The number of benzene rings is 1. The summed E-state index contributed by atoms with van der Waals surface area (Å²) in [5.41, 5.74) is 2.29. The van der Waals surface area contributed by atoms with Gasteiger partial charge in [0.2, 0.25) is 0 Å². The predicted molar refractivity (Wildman–Crippen MR) is 83.1 cm³/mol. The Morgan fingerprint density at radius 1 is 1.25 bits per heavy atom. The number of para-hydroxylation sites is 1. The van der Waals surface area contributed by atoms with Crippen LogP contribution in [0.25, 0.3) is 11.0 Å². The average molecular weight is 275 g/mol. The Balaban J connectivity index is 2.27. The molecule has 0 aliphatic carbocycles. The second-order valence-corrected chi connectivity index (χ2v) is 5.24. The molecule has 2 unspecified atom stereocenters. The zero-order valence-electron chi connectivity index (χ0n) is 12.9. The van der Waals surface area contributed by atoms with Crippen LogP contribution in [0.1, 0.15) is 44.6 Å². The first-order valence-electron chi connectivity index (χ1n) is 7.46. The molecule has 1 N–H and O–H groups in total. The normalized spacial score (nSPS) is 14.6. The summed E-state index contributed by atoms with van der Waals surface area (Å²) in [6.45, 7) is 7.24. The molecule has 2 atom stereocenters. The standard InChI is InChI=1S/C17H25NO2/c1-5-13(11-19-4)18-12(3)17-14(6-2)15-9-7-8-10-16(15)20-17/h7-10,12-13,18H,5-6,11H2,1-4H3. The Morgan fingerprint density at radius 2 is 2.00 bits per heavy atom. The molecule has 2 aromatic rings. The minimum Gasteiger partial charge on any atom is -0.459 e. The summed E-state index contributed by atoms with van der Waals surface area (Å²) in [6, 6.07) is 8.81. The van der Waals surface area contributed by atoms with Gasteiger partial charge >= 0.3 is 0 Å². The van der Waals surface area contributed by atoms with Gasteiger partial charge in [0.25, 0.3) is 0 Å². The Hall–Kier alpha value is -1.32. The number of rotatable bonds is 7. The molecule has 1 aromatic heterocycles. The minimum atomic E-state index is 0.192. The van der Waals surface area contributed by atoms with E-state index in [0.717, 1.165) is 30.8 Å². The number of fused-ring (bicyclic) bond motifs is 1. The Labute approximate surface area is 121 Å². The number of ether oxygens (including phenoxy) is 1. The van der Waals surface area contributed by atoms with Gasteiger partial charge in [-0.05, 0) is 25.8 Å². The zero-order chi connectivity index (χ0) is 14.5. The van der Waals surface area contributed by atoms with Crippen molar-refractivity contribution in [3.8, 4) is 0 Å². The second-order valence-electron chi connectivity index (χ2n) is 5.24. The molecule has 0 radical (unpaired) electrons. The van der Waals surface area contributed by atoms with Crippen LogP contribution >= 0.6 is 0 Å². The molecule has 20 heavy (non-hydrogen) atoms. The fourth-order valence-electron chi connectivity index (χ4n) is 2.75. The maximum absolute atomic E-state index is 6.07. The molecule has 0 bridgehead atoms. The highest BCUT2D eigenvalue weighted by Gasteiger charge is 2.20. The van der Waals surface area contributed by atoms with Gasteiger partial charge in [-0.15, -0.1) is 0 Å². The average Bonchev–Trinajstić information content (AvgIpc) is 2.85. The van der Waals surface area contributed by atoms with Gasteiger partial charge in [-0.2, -0.15) is 0 Å². The molecule has 0 amide bonds. The van der Waals surface area contributed by atoms with Crippen LogP contribution in [-0.2, 0) is 11.2 Å². The summed E-state index contributed by atoms with van der Waals surface area (Å²) in [5.74, 6) is 1.06. The molecule has 3 heteroatoms. The van der Waals surface area contributed by atoms with E-state index in [9.17, 15) is 0 Å². The first kappa shape index (κ1) is 15.1. The summed E-state index contributed by atoms with van der Waals surface area (Å²) in [6.07, 6.45) is 2.03. The van der Waals surface area contributed by atoms with E-state index in [2.05, 4.69) is 38.2 Å². The molecule has 2 rings (SSSR count). The SMILES string of the molecule is CCc1c(C(C)NC(CC)COC)oc2ccccc12. The van der Waals surface area contributed by atoms with Crippen molar-refractivity contribution >= 4 is 11.0 Å². The monoisotopic (exact) mass is 275 g/mol. The van der Waals surface area contributed by atoms with Crippen molar-refractivity contribution in [2.45, 2.75) is 45.7 Å². The zero-order valence-corrected chi connectivity index (χ0v) is 12.9. The van der Waals surface area contributed by atoms with E-state index in [1.807, 2.05) is 12.1 Å². The van der Waals surface area contributed by atoms with Crippen LogP contribution in [0.3, 0.4) is 0 Å². The van der Waals surface area contributed by atoms with Gasteiger partial charge in [0.05, 0.1) is 12.6 Å². The van der Waals surface area contributed by atoms with Crippen LogP contribution in [0, 0.1) is 0 Å². The van der Waals surface area contributed by atoms with Crippen LogP contribution in [-0.4, -0.2) is 19.8 Å². The van der Waals surface area contributed by atoms with Gasteiger partial charge in [0.15, 0.2) is 0 Å². The lowest BCUT2D eigenvalue weighted by molar-refractivity contribution is 0.157. The smallest absolute Gasteiger partial charge is 0.134 e. The van der Waals surface area contributed by atoms with Crippen LogP contribution in [0.5, 0.6) is 0 Å². The second kappa shape index (κ2) is 6.91. The fraction of sp³-hybridized carbons (Fsp3) is 0.529. The summed E-state index contributed by atoms with van der Waals surface area (Å²) in [7, 11) is 1.74. The van der Waals surface area contributed by atoms with Crippen LogP contribution < -0.4 is 5.32 Å². The van der Waals surface area contributed by atoms with Crippen molar-refractivity contribution in [3.05, 3.63) is 35.6 Å². The lowest BCUT2D eigenvalue weighted by atomic mass is 10.0. The van der Waals surface area contributed by atoms with Gasteiger partial charge in [-0.1, -0.05) is 32.0 Å². The van der Waals surface area contributed by atoms with Gasteiger partial charge in [-0.3, -0.25) is 0 Å². The number of nitrogens with one attached hydrogen (secondary N) is 1. The quantitative estimate of drug-likeness (QED) is 0.827. The lowest BCUT2D eigenvalue weighted by Gasteiger charge is -2.21. The Bertz CT molecular complexity index is 547. The van der Waals surface area contributed by atoms with E-state index < -0.39 is 0 Å². The first-order chi connectivity index (χ1) is 9.71. The van der Waals surface area contributed by atoms with Crippen molar-refractivity contribution in [3.63, 3.8) is 0 Å². The maximum Gasteiger partial charge on any atom is 0.134 e. The molecule has 1 aromatic carbocycles. The van der Waals surface area contributed by atoms with Crippen molar-refractivity contribution in [2.75, 3.05) is 13.7 Å². The Morgan fingerprint density at radius 3 is 2.65 bits per heavy atom. The number of furan rings is 1. The number of hydrogen-bond acceptors (Lipinski definition) is 3. The largest absolute Gasteiger partial charge is 0.459 e. The topological polar surface area (TPSA) is 34.4 Å². The molecule has 0 fully saturated rings. The van der Waals surface area contributed by atoms with Crippen molar-refractivity contribution in [1.82, 2.24) is 5.32 Å². The molecule has 0 saturated heterocycles. The highest BCUT2D eigenvalue weighted by molar-refractivity contribution is 5.82. The van der Waals surface area contributed by atoms with Gasteiger partial charge < -0.3 is 14.5 Å². The van der Waals surface area contributed by atoms with Gasteiger partial charge in [0, 0.05) is 24.1 Å². The number of hydrogen-bond donors (Lipinski definition) is 1. The molecule has 1 heterocycles. The van der Waals surface area contributed by atoms with Crippen LogP contribution in [0.15, 0.2) is 28.7 Å². The van der Waals surface area contributed by atoms with E-state index in [-0.39, 0.29) is 6.04 Å². The van der Waals surface area contributed by atoms with Crippen molar-refractivity contribution in [2.24, 2.45) is 0 Å². The van der Waals surface area contributed by atoms with Crippen LogP contribution in [0.4, 0.5) is 0 Å². The molecule has 0 aliphatic heterocycles. The first-order valence-corrected chi connectivity index (χ1v) is 7.46. The maximum atomic E-state index is 6.07. The number of methoxy groups -OCH3 is 1. The third-order valence-electron chi connectivity index (χ3n) is 3.82. The van der Waals surface area contributed by atoms with Gasteiger partial charge in [0.1, 0.15) is 11.3 Å². The summed E-state index contributed by atoms with van der Waals surface area (Å²) < 4.78 is 11.3. The molecule has 0 aliphatic rings. The molecule has 0 spiro atoms. The fourth-order valence-corrected chi connectivity index (χ4v) is 2.75. The third kappa shape index (κ3) is 3.05. The summed E-state index contributed by atoms with van der Waals surface area (Å²) in [4.78, 5) is 0. The summed E-state index contributed by atoms with van der Waals surface area (Å²) in [5, 5.41) is 4.84. The van der Waals surface area contributed by atoms with Crippen LogP contribution in [0.2, 0.25) is 0 Å². The van der Waals surface area contributed by atoms with E-state index in [1.165, 1.54) is 10.9 Å². The third-order valence-corrected chi connectivity index (χ3v) is 3.82. The van der Waals surface area contributed by atoms with E-state index in [1.54, 1.807) is 7.11 Å². The number of aryl methyl sites for hydroxylation is 1. The van der Waals surface area contributed by atoms with E-state index >= 15 is 0 Å². The molecule has 110 valence electrons. The Kier molecular flexibility index (Phi) is 5.21. The highest BCUT2D eigenvalue weighted by atomic mass is 16.5. The van der Waals surface area contributed by atoms with Crippen molar-refractivity contribution in [1.29, 1.82) is 0 Å².